The summed E-state index contributed by atoms with van der Waals surface area (Å²) in [6.45, 7) is 0. The molecule has 74 valence electrons. The summed E-state index contributed by atoms with van der Waals surface area (Å²) in [6, 6.07) is -1.02. The van der Waals surface area contributed by atoms with Crippen molar-refractivity contribution in [3.8, 4) is 0 Å². The lowest BCUT2D eigenvalue weighted by Crippen LogP contribution is -2.56. The van der Waals surface area contributed by atoms with E-state index in [-0.39, 0.29) is 6.04 Å². The molecule has 0 spiro atoms. The molecule has 2 aliphatic rings. The summed E-state index contributed by atoms with van der Waals surface area (Å²) in [5.41, 5.74) is 5.57. The number of hydrogen-bond donors (Lipinski definition) is 2. The van der Waals surface area contributed by atoms with E-state index in [1.165, 1.54) is 4.90 Å². The summed E-state index contributed by atoms with van der Waals surface area (Å²) in [6.07, 6.45) is -0.363. The van der Waals surface area contributed by atoms with Crippen molar-refractivity contribution in [3.63, 3.8) is 0 Å². The number of nitrogens with zero attached hydrogens (tertiary/aromatic N) is 1. The molecule has 4 nitrogen and oxygen atoms in total. The first-order valence-corrected chi connectivity index (χ1v) is 4.52. The van der Waals surface area contributed by atoms with Gasteiger partial charge in [0.2, 0.25) is 0 Å². The maximum absolute atomic E-state index is 13.4. The lowest BCUT2D eigenvalue weighted by molar-refractivity contribution is 0.0503. The number of hydrogen-bond acceptors (Lipinski definition) is 2. The van der Waals surface area contributed by atoms with Gasteiger partial charge in [0.1, 0.15) is 6.17 Å². The van der Waals surface area contributed by atoms with Crippen LogP contribution < -0.4 is 5.73 Å². The summed E-state index contributed by atoms with van der Waals surface area (Å²) < 4.78 is 13.4. The van der Waals surface area contributed by atoms with Gasteiger partial charge in [-0.1, -0.05) is 0 Å². The fourth-order valence-electron chi connectivity index (χ4n) is 2.48. The molecule has 5 heteroatoms. The van der Waals surface area contributed by atoms with Crippen LogP contribution in [-0.4, -0.2) is 40.4 Å². The number of piperidine rings is 1. The van der Waals surface area contributed by atoms with Crippen LogP contribution in [0.15, 0.2) is 0 Å². The van der Waals surface area contributed by atoms with Gasteiger partial charge in [-0.05, 0) is 19.3 Å². The van der Waals surface area contributed by atoms with Crippen LogP contribution in [0.4, 0.5) is 9.18 Å². The summed E-state index contributed by atoms with van der Waals surface area (Å²) in [5, 5.41) is 8.84. The molecule has 0 unspecified atom stereocenters. The standard InChI is InChI=1S/C8H13FN2O2/c9-7-5(10)3-4-1-2-6(7)11(4)8(12)13/h4-7H,1-3,10H2,(H,12,13)/t4-,5-,6+,7-/m0/s1. The van der Waals surface area contributed by atoms with Crippen molar-refractivity contribution in [2.45, 2.75) is 43.6 Å². The summed E-state index contributed by atoms with van der Waals surface area (Å²) in [4.78, 5) is 12.0. The molecule has 4 atom stereocenters. The molecule has 0 aromatic carbocycles. The maximum Gasteiger partial charge on any atom is 0.407 e. The second-order valence-electron chi connectivity index (χ2n) is 3.83. The Balaban J connectivity index is 2.21. The molecule has 0 radical (unpaired) electrons. The predicted octanol–water partition coefficient (Wildman–Crippen LogP) is 0.567. The molecule has 0 aromatic heterocycles. The third-order valence-corrected chi connectivity index (χ3v) is 3.09. The molecular weight excluding hydrogens is 175 g/mol. The topological polar surface area (TPSA) is 66.6 Å². The van der Waals surface area contributed by atoms with Gasteiger partial charge in [-0.25, -0.2) is 9.18 Å². The normalized spacial score (nSPS) is 43.7. The monoisotopic (exact) mass is 188 g/mol. The van der Waals surface area contributed by atoms with Crippen LogP contribution in [0.25, 0.3) is 0 Å². The van der Waals surface area contributed by atoms with Gasteiger partial charge in [-0.2, -0.15) is 0 Å². The highest BCUT2D eigenvalue weighted by Crippen LogP contribution is 2.36. The number of alkyl halides is 1. The van der Waals surface area contributed by atoms with Crippen LogP contribution in [0.3, 0.4) is 0 Å². The Morgan fingerprint density at radius 2 is 2.23 bits per heavy atom. The van der Waals surface area contributed by atoms with E-state index in [2.05, 4.69) is 0 Å². The van der Waals surface area contributed by atoms with Crippen LogP contribution >= 0.6 is 0 Å². The fourth-order valence-corrected chi connectivity index (χ4v) is 2.48. The van der Waals surface area contributed by atoms with E-state index in [1.54, 1.807) is 0 Å². The molecular formula is C8H13FN2O2. The molecule has 3 N–H and O–H groups in total. The highest BCUT2D eigenvalue weighted by atomic mass is 19.1. The van der Waals surface area contributed by atoms with Crippen molar-refractivity contribution >= 4 is 6.09 Å². The molecule has 2 rings (SSSR count). The molecule has 0 saturated carbocycles. The Labute approximate surface area is 75.5 Å². The van der Waals surface area contributed by atoms with Gasteiger partial charge in [-0.3, -0.25) is 4.90 Å². The van der Waals surface area contributed by atoms with Crippen LogP contribution in [-0.2, 0) is 0 Å². The zero-order valence-electron chi connectivity index (χ0n) is 7.19. The van der Waals surface area contributed by atoms with Gasteiger partial charge in [0, 0.05) is 12.1 Å². The number of carboxylic acid groups (broad SMARTS) is 1. The average Bonchev–Trinajstić information content (AvgIpc) is 2.40. The quantitative estimate of drug-likeness (QED) is 0.584. The first-order chi connectivity index (χ1) is 6.11. The van der Waals surface area contributed by atoms with E-state index >= 15 is 0 Å². The van der Waals surface area contributed by atoms with E-state index in [0.717, 1.165) is 6.42 Å². The molecule has 2 saturated heterocycles. The second kappa shape index (κ2) is 2.83. The minimum Gasteiger partial charge on any atom is -0.465 e. The van der Waals surface area contributed by atoms with E-state index in [9.17, 15) is 9.18 Å². The van der Waals surface area contributed by atoms with Gasteiger partial charge < -0.3 is 10.8 Å². The number of halogens is 1. The molecule has 2 aliphatic heterocycles. The second-order valence-corrected chi connectivity index (χ2v) is 3.83. The minimum atomic E-state index is -1.19. The van der Waals surface area contributed by atoms with E-state index in [4.69, 9.17) is 10.8 Å². The Kier molecular flexibility index (Phi) is 1.91. The Hall–Kier alpha value is -0.840. The Bertz CT molecular complexity index is 236. The zero-order chi connectivity index (χ0) is 9.59. The number of fused-ring (bicyclic) bond motifs is 2. The first kappa shape index (κ1) is 8.74. The highest BCUT2D eigenvalue weighted by molar-refractivity contribution is 5.66. The number of rotatable bonds is 0. The summed E-state index contributed by atoms with van der Waals surface area (Å²) in [7, 11) is 0. The van der Waals surface area contributed by atoms with Crippen LogP contribution in [0, 0.1) is 0 Å². The molecule has 0 aliphatic carbocycles. The van der Waals surface area contributed by atoms with Gasteiger partial charge in [0.05, 0.1) is 6.04 Å². The molecule has 2 fully saturated rings. The van der Waals surface area contributed by atoms with Crippen LogP contribution in [0.5, 0.6) is 0 Å². The van der Waals surface area contributed by atoms with Crippen molar-refractivity contribution in [2.24, 2.45) is 5.73 Å². The smallest absolute Gasteiger partial charge is 0.407 e. The molecule has 2 heterocycles. The lowest BCUT2D eigenvalue weighted by atomic mass is 9.97. The molecule has 13 heavy (non-hydrogen) atoms. The Morgan fingerprint density at radius 1 is 1.54 bits per heavy atom. The Morgan fingerprint density at radius 3 is 2.85 bits per heavy atom. The van der Waals surface area contributed by atoms with Gasteiger partial charge in [0.25, 0.3) is 0 Å². The average molecular weight is 188 g/mol. The van der Waals surface area contributed by atoms with E-state index in [0.29, 0.717) is 12.8 Å². The van der Waals surface area contributed by atoms with Crippen molar-refractivity contribution < 1.29 is 14.3 Å². The van der Waals surface area contributed by atoms with E-state index in [1.807, 2.05) is 0 Å². The minimum absolute atomic E-state index is 0.0514. The van der Waals surface area contributed by atoms with Gasteiger partial charge >= 0.3 is 6.09 Å². The van der Waals surface area contributed by atoms with Crippen molar-refractivity contribution in [1.82, 2.24) is 4.90 Å². The first-order valence-electron chi connectivity index (χ1n) is 4.52. The van der Waals surface area contributed by atoms with Crippen LogP contribution in [0.1, 0.15) is 19.3 Å². The number of nitrogens with two attached hydrogens (primary N) is 1. The van der Waals surface area contributed by atoms with Crippen molar-refractivity contribution in [1.29, 1.82) is 0 Å². The summed E-state index contributed by atoms with van der Waals surface area (Å²) in [5.74, 6) is 0. The largest absolute Gasteiger partial charge is 0.465 e. The molecule has 1 amide bonds. The third-order valence-electron chi connectivity index (χ3n) is 3.09. The molecule has 2 bridgehead atoms. The van der Waals surface area contributed by atoms with Crippen molar-refractivity contribution in [2.75, 3.05) is 0 Å². The number of carbonyl (C=O) groups is 1. The molecule has 0 aromatic rings. The fraction of sp³-hybridized carbons (Fsp3) is 0.875. The summed E-state index contributed by atoms with van der Waals surface area (Å²) >= 11 is 0. The lowest BCUT2D eigenvalue weighted by Gasteiger charge is -2.38. The number of amides is 1. The van der Waals surface area contributed by atoms with Gasteiger partial charge in [0.15, 0.2) is 0 Å². The zero-order valence-corrected chi connectivity index (χ0v) is 7.19. The van der Waals surface area contributed by atoms with Crippen molar-refractivity contribution in [3.05, 3.63) is 0 Å². The SMILES string of the molecule is N[C@H]1C[C@@H]2CC[C@H]([C@H]1F)N2C(=O)O. The van der Waals surface area contributed by atoms with Crippen LogP contribution in [0.2, 0.25) is 0 Å². The predicted molar refractivity (Wildman–Crippen MR) is 44.2 cm³/mol. The highest BCUT2D eigenvalue weighted by Gasteiger charge is 2.48. The van der Waals surface area contributed by atoms with Gasteiger partial charge in [-0.15, -0.1) is 0 Å². The third kappa shape index (κ3) is 1.18. The van der Waals surface area contributed by atoms with E-state index < -0.39 is 24.3 Å². The maximum atomic E-state index is 13.4.